The smallest absolute Gasteiger partial charge is 0.375 e. The molecule has 0 aliphatic heterocycles. The number of carbonyl (C=O) groups is 1. The van der Waals surface area contributed by atoms with E-state index >= 15 is 0 Å². The van der Waals surface area contributed by atoms with Gasteiger partial charge < -0.3 is 5.11 Å². The van der Waals surface area contributed by atoms with Crippen molar-refractivity contribution in [1.29, 1.82) is 0 Å². The lowest BCUT2D eigenvalue weighted by Crippen LogP contribution is -2.31. The Hall–Kier alpha value is 0.0300. The molecular weight excluding hydrogens is 206 g/mol. The van der Waals surface area contributed by atoms with Gasteiger partial charge in [0.15, 0.2) is 0 Å². The number of hydrogen-bond acceptors (Lipinski definition) is 3. The number of carboxylic acids is 1. The fourth-order valence-electron chi connectivity index (χ4n) is 0.404. The lowest BCUT2D eigenvalue weighted by atomic mass is 10.4. The molecule has 0 unspecified atom stereocenters. The fraction of sp³-hybridized carbons (Fsp3) is 0.833. The van der Waals surface area contributed by atoms with Gasteiger partial charge in [-0.1, -0.05) is 0 Å². The van der Waals surface area contributed by atoms with Gasteiger partial charge in [-0.05, 0) is 6.26 Å². The van der Waals surface area contributed by atoms with Crippen LogP contribution in [0.4, 0.5) is 8.78 Å². The molecular formula is C6H10F2O2S2. The van der Waals surface area contributed by atoms with Crippen LogP contribution in [-0.4, -0.2) is 40.5 Å². The van der Waals surface area contributed by atoms with Gasteiger partial charge in [-0.2, -0.15) is 32.3 Å². The van der Waals surface area contributed by atoms with Crippen molar-refractivity contribution in [2.24, 2.45) is 0 Å². The molecule has 0 aromatic rings. The Balaban J connectivity index is 3.54. The first kappa shape index (κ1) is 12.0. The van der Waals surface area contributed by atoms with E-state index in [-0.39, 0.29) is 0 Å². The largest absolute Gasteiger partial charge is 0.477 e. The Morgan fingerprint density at radius 3 is 2.50 bits per heavy atom. The first-order chi connectivity index (χ1) is 5.50. The van der Waals surface area contributed by atoms with Crippen molar-refractivity contribution in [3.63, 3.8) is 0 Å². The van der Waals surface area contributed by atoms with Crippen LogP contribution in [0.25, 0.3) is 0 Å². The summed E-state index contributed by atoms with van der Waals surface area (Å²) in [6.45, 7) is 0. The molecule has 0 spiro atoms. The Morgan fingerprint density at radius 1 is 1.50 bits per heavy atom. The molecule has 0 heterocycles. The maximum Gasteiger partial charge on any atom is 0.375 e. The summed E-state index contributed by atoms with van der Waals surface area (Å²) >= 11 is 2.51. The standard InChI is InChI=1S/C6H10F2O2S2/c1-11-2-3-12-4-6(7,8)5(9)10/h2-4H2,1H3,(H,9,10). The highest BCUT2D eigenvalue weighted by atomic mass is 32.2. The van der Waals surface area contributed by atoms with Crippen molar-refractivity contribution in [2.45, 2.75) is 5.92 Å². The minimum absolute atomic E-state index is 0.560. The van der Waals surface area contributed by atoms with Crippen molar-refractivity contribution < 1.29 is 18.7 Å². The zero-order chi connectivity index (χ0) is 9.61. The predicted molar refractivity (Wildman–Crippen MR) is 48.3 cm³/mol. The van der Waals surface area contributed by atoms with Crippen LogP contribution in [0.1, 0.15) is 0 Å². The van der Waals surface area contributed by atoms with Gasteiger partial charge in [-0.3, -0.25) is 0 Å². The highest BCUT2D eigenvalue weighted by Crippen LogP contribution is 2.20. The predicted octanol–water partition coefficient (Wildman–Crippen LogP) is 1.80. The zero-order valence-corrected chi connectivity index (χ0v) is 8.18. The summed E-state index contributed by atoms with van der Waals surface area (Å²) in [4.78, 5) is 9.92. The molecule has 0 radical (unpaired) electrons. The number of thioether (sulfide) groups is 2. The number of hydrogen-bond donors (Lipinski definition) is 1. The monoisotopic (exact) mass is 216 g/mol. The van der Waals surface area contributed by atoms with Gasteiger partial charge in [-0.25, -0.2) is 4.79 Å². The van der Waals surface area contributed by atoms with Gasteiger partial charge in [0.05, 0.1) is 5.75 Å². The van der Waals surface area contributed by atoms with Gasteiger partial charge in [0, 0.05) is 11.5 Å². The molecule has 0 fully saturated rings. The summed E-state index contributed by atoms with van der Waals surface area (Å²) < 4.78 is 24.7. The molecule has 0 bridgehead atoms. The third kappa shape index (κ3) is 4.82. The van der Waals surface area contributed by atoms with Crippen LogP contribution in [-0.2, 0) is 4.79 Å². The highest BCUT2D eigenvalue weighted by molar-refractivity contribution is 8.02. The summed E-state index contributed by atoms with van der Waals surface area (Å²) in [5.41, 5.74) is 0. The number of carboxylic acid groups (broad SMARTS) is 1. The van der Waals surface area contributed by atoms with Crippen molar-refractivity contribution in [3.05, 3.63) is 0 Å². The molecule has 6 heteroatoms. The minimum atomic E-state index is -3.58. The van der Waals surface area contributed by atoms with E-state index in [1.54, 1.807) is 11.8 Å². The highest BCUT2D eigenvalue weighted by Gasteiger charge is 2.38. The quantitative estimate of drug-likeness (QED) is 0.687. The first-order valence-corrected chi connectivity index (χ1v) is 5.73. The number of halogens is 2. The molecule has 0 aliphatic rings. The minimum Gasteiger partial charge on any atom is -0.477 e. The average molecular weight is 216 g/mol. The molecule has 0 rings (SSSR count). The number of alkyl halides is 2. The molecule has 72 valence electrons. The van der Waals surface area contributed by atoms with E-state index in [1.165, 1.54) is 0 Å². The normalized spacial score (nSPS) is 11.6. The van der Waals surface area contributed by atoms with E-state index in [1.807, 2.05) is 6.26 Å². The molecule has 0 aromatic heterocycles. The molecule has 2 nitrogen and oxygen atoms in total. The first-order valence-electron chi connectivity index (χ1n) is 3.18. The van der Waals surface area contributed by atoms with E-state index in [0.717, 1.165) is 17.5 Å². The van der Waals surface area contributed by atoms with Crippen LogP contribution in [0.3, 0.4) is 0 Å². The van der Waals surface area contributed by atoms with E-state index in [4.69, 9.17) is 5.11 Å². The van der Waals surface area contributed by atoms with E-state index in [2.05, 4.69) is 0 Å². The molecule has 0 aliphatic carbocycles. The third-order valence-electron chi connectivity index (χ3n) is 1.03. The Bertz CT molecular complexity index is 152. The lowest BCUT2D eigenvalue weighted by molar-refractivity contribution is -0.161. The number of aliphatic carboxylic acids is 1. The molecule has 0 amide bonds. The van der Waals surface area contributed by atoms with Crippen molar-refractivity contribution in [2.75, 3.05) is 23.5 Å². The number of rotatable bonds is 6. The van der Waals surface area contributed by atoms with E-state index in [0.29, 0.717) is 5.75 Å². The fourth-order valence-corrected chi connectivity index (χ4v) is 2.07. The van der Waals surface area contributed by atoms with Crippen molar-refractivity contribution in [1.82, 2.24) is 0 Å². The SMILES string of the molecule is CSCCSCC(F)(F)C(=O)O. The Kier molecular flexibility index (Phi) is 5.65. The van der Waals surface area contributed by atoms with Crippen LogP contribution >= 0.6 is 23.5 Å². The van der Waals surface area contributed by atoms with Crippen LogP contribution < -0.4 is 0 Å². The van der Waals surface area contributed by atoms with Gasteiger partial charge >= 0.3 is 11.9 Å². The molecule has 0 saturated heterocycles. The van der Waals surface area contributed by atoms with Crippen LogP contribution in [0.15, 0.2) is 0 Å². The van der Waals surface area contributed by atoms with Gasteiger partial charge in [0.25, 0.3) is 0 Å². The zero-order valence-electron chi connectivity index (χ0n) is 6.55. The second-order valence-electron chi connectivity index (χ2n) is 2.05. The summed E-state index contributed by atoms with van der Waals surface area (Å²) in [6.07, 6.45) is 1.87. The molecule has 12 heavy (non-hydrogen) atoms. The van der Waals surface area contributed by atoms with Gasteiger partial charge in [0.2, 0.25) is 0 Å². The van der Waals surface area contributed by atoms with Gasteiger partial charge in [0.1, 0.15) is 0 Å². The average Bonchev–Trinajstić information content (AvgIpc) is 1.98. The van der Waals surface area contributed by atoms with E-state index < -0.39 is 17.6 Å². The third-order valence-corrected chi connectivity index (χ3v) is 2.96. The topological polar surface area (TPSA) is 37.3 Å². The molecule has 0 aromatic carbocycles. The Labute approximate surface area is 78.1 Å². The van der Waals surface area contributed by atoms with E-state index in [9.17, 15) is 13.6 Å². The lowest BCUT2D eigenvalue weighted by Gasteiger charge is -2.09. The molecule has 1 N–H and O–H groups in total. The maximum atomic E-state index is 12.3. The molecule has 0 saturated carbocycles. The second-order valence-corrected chi connectivity index (χ2v) is 4.15. The summed E-state index contributed by atoms with van der Waals surface area (Å²) in [6, 6.07) is 0. The maximum absolute atomic E-state index is 12.3. The summed E-state index contributed by atoms with van der Waals surface area (Å²) in [5, 5.41) is 8.03. The van der Waals surface area contributed by atoms with Crippen LogP contribution in [0.2, 0.25) is 0 Å². The summed E-state index contributed by atoms with van der Waals surface area (Å²) in [7, 11) is 0. The van der Waals surface area contributed by atoms with Gasteiger partial charge in [-0.15, -0.1) is 0 Å². The van der Waals surface area contributed by atoms with Crippen LogP contribution in [0.5, 0.6) is 0 Å². The Morgan fingerprint density at radius 2 is 2.08 bits per heavy atom. The van der Waals surface area contributed by atoms with Crippen LogP contribution in [0, 0.1) is 0 Å². The second kappa shape index (κ2) is 5.64. The molecule has 0 atom stereocenters. The summed E-state index contributed by atoms with van der Waals surface area (Å²) in [5.74, 6) is -4.93. The van der Waals surface area contributed by atoms with Crippen molar-refractivity contribution >= 4 is 29.5 Å². The van der Waals surface area contributed by atoms with Crippen molar-refractivity contribution in [3.8, 4) is 0 Å².